The van der Waals surface area contributed by atoms with Crippen molar-refractivity contribution in [2.45, 2.75) is 39.0 Å². The molecule has 1 aromatic carbocycles. The van der Waals surface area contributed by atoms with Gasteiger partial charge in [-0.1, -0.05) is 31.4 Å². The number of carbonyl (C=O) groups is 2. The van der Waals surface area contributed by atoms with Gasteiger partial charge in [0.25, 0.3) is 0 Å². The molecule has 26 heavy (non-hydrogen) atoms. The minimum atomic E-state index is -0.221. The lowest BCUT2D eigenvalue weighted by Gasteiger charge is -2.16. The summed E-state index contributed by atoms with van der Waals surface area (Å²) in [6.45, 7) is 3.98. The van der Waals surface area contributed by atoms with Gasteiger partial charge in [0.2, 0.25) is 11.8 Å². The van der Waals surface area contributed by atoms with Gasteiger partial charge in [0.1, 0.15) is 0 Å². The van der Waals surface area contributed by atoms with Crippen LogP contribution in [0.5, 0.6) is 0 Å². The van der Waals surface area contributed by atoms with Crippen molar-refractivity contribution in [2.24, 2.45) is 5.92 Å². The molecule has 2 N–H and O–H groups in total. The number of carbonyl (C=O) groups excluding carboxylic acids is 2. The number of amides is 2. The predicted molar refractivity (Wildman–Crippen MR) is 104 cm³/mol. The smallest absolute Gasteiger partial charge is 0.225 e. The first-order chi connectivity index (χ1) is 12.6. The van der Waals surface area contributed by atoms with Crippen LogP contribution in [-0.4, -0.2) is 41.3 Å². The molecule has 2 aromatic rings. The summed E-state index contributed by atoms with van der Waals surface area (Å²) in [5, 5.41) is 4.76. The van der Waals surface area contributed by atoms with Crippen molar-refractivity contribution in [3.8, 4) is 0 Å². The molecule has 0 aliphatic carbocycles. The monoisotopic (exact) mass is 375 g/mol. The highest BCUT2D eigenvalue weighted by Gasteiger charge is 2.33. The maximum absolute atomic E-state index is 12.3. The van der Waals surface area contributed by atoms with Crippen LogP contribution in [-0.2, 0) is 16.0 Å². The lowest BCUT2D eigenvalue weighted by Crippen LogP contribution is -2.34. The molecule has 0 spiro atoms. The van der Waals surface area contributed by atoms with E-state index in [1.165, 1.54) is 0 Å². The van der Waals surface area contributed by atoms with Gasteiger partial charge in [0, 0.05) is 48.2 Å². The van der Waals surface area contributed by atoms with Gasteiger partial charge in [-0.25, -0.2) is 0 Å². The Morgan fingerprint density at radius 1 is 1.38 bits per heavy atom. The van der Waals surface area contributed by atoms with E-state index in [9.17, 15) is 9.59 Å². The van der Waals surface area contributed by atoms with E-state index in [1.54, 1.807) is 4.90 Å². The number of likely N-dealkylation sites (tertiary alicyclic amines) is 1. The van der Waals surface area contributed by atoms with Crippen molar-refractivity contribution < 1.29 is 9.59 Å². The first-order valence-corrected chi connectivity index (χ1v) is 9.77. The first-order valence-electron chi connectivity index (χ1n) is 9.39. The summed E-state index contributed by atoms with van der Waals surface area (Å²) in [4.78, 5) is 29.5. The predicted octanol–water partition coefficient (Wildman–Crippen LogP) is 3.52. The molecule has 5 nitrogen and oxygen atoms in total. The largest absolute Gasteiger partial charge is 0.361 e. The summed E-state index contributed by atoms with van der Waals surface area (Å²) in [7, 11) is 0. The summed E-state index contributed by atoms with van der Waals surface area (Å²) >= 11 is 6.09. The lowest BCUT2D eigenvalue weighted by atomic mass is 10.1. The molecule has 6 heteroatoms. The Bertz CT molecular complexity index is 786. The second-order valence-electron chi connectivity index (χ2n) is 6.99. The number of H-pyrrole nitrogens is 1. The molecule has 2 heterocycles. The van der Waals surface area contributed by atoms with Crippen LogP contribution in [0.4, 0.5) is 0 Å². The number of hydrogen-bond donors (Lipinski definition) is 2. The summed E-state index contributed by atoms with van der Waals surface area (Å²) in [6, 6.07) is 5.76. The summed E-state index contributed by atoms with van der Waals surface area (Å²) < 4.78 is 0. The number of nitrogens with zero attached hydrogens (tertiary/aromatic N) is 1. The van der Waals surface area contributed by atoms with Crippen LogP contribution in [0.1, 0.15) is 38.2 Å². The maximum Gasteiger partial charge on any atom is 0.225 e. The average molecular weight is 376 g/mol. The molecule has 1 fully saturated rings. The zero-order valence-electron chi connectivity index (χ0n) is 15.2. The second-order valence-corrected chi connectivity index (χ2v) is 7.43. The minimum Gasteiger partial charge on any atom is -0.361 e. The Labute approximate surface area is 159 Å². The van der Waals surface area contributed by atoms with E-state index in [-0.39, 0.29) is 17.7 Å². The van der Waals surface area contributed by atoms with Gasteiger partial charge in [0.05, 0.1) is 5.92 Å². The van der Waals surface area contributed by atoms with Gasteiger partial charge in [-0.05, 0) is 36.6 Å². The zero-order valence-corrected chi connectivity index (χ0v) is 15.9. The number of aromatic amines is 1. The van der Waals surface area contributed by atoms with Crippen LogP contribution in [0.25, 0.3) is 10.9 Å². The van der Waals surface area contributed by atoms with Crippen molar-refractivity contribution >= 4 is 34.3 Å². The molecule has 3 rings (SSSR count). The zero-order chi connectivity index (χ0) is 18.5. The van der Waals surface area contributed by atoms with E-state index in [0.29, 0.717) is 31.1 Å². The Morgan fingerprint density at radius 2 is 2.23 bits per heavy atom. The molecule has 0 bridgehead atoms. The van der Waals surface area contributed by atoms with Crippen molar-refractivity contribution in [2.75, 3.05) is 19.6 Å². The third-order valence-corrected chi connectivity index (χ3v) is 5.28. The standard InChI is InChI=1S/C20H26ClN3O2/c1-2-3-4-8-22-20(26)15-10-19(25)24(13-15)9-7-14-12-23-18-6-5-16(21)11-17(14)18/h5-6,11-12,15,23H,2-4,7-10,13H2,1H3,(H,22,26). The van der Waals surface area contributed by atoms with Crippen LogP contribution in [0.3, 0.4) is 0 Å². The van der Waals surface area contributed by atoms with Crippen molar-refractivity contribution in [1.82, 2.24) is 15.2 Å². The summed E-state index contributed by atoms with van der Waals surface area (Å²) in [5.41, 5.74) is 2.18. The number of halogens is 1. The Hall–Kier alpha value is -2.01. The third kappa shape index (κ3) is 4.39. The highest BCUT2D eigenvalue weighted by Crippen LogP contribution is 2.24. The molecule has 1 aliphatic rings. The van der Waals surface area contributed by atoms with Gasteiger partial charge >= 0.3 is 0 Å². The number of benzene rings is 1. The van der Waals surface area contributed by atoms with Gasteiger partial charge in [-0.15, -0.1) is 0 Å². The number of nitrogens with one attached hydrogen (secondary N) is 2. The fourth-order valence-electron chi connectivity index (χ4n) is 3.51. The molecule has 1 saturated heterocycles. The van der Waals surface area contributed by atoms with Crippen LogP contribution in [0.15, 0.2) is 24.4 Å². The molecular weight excluding hydrogens is 350 g/mol. The fraction of sp³-hybridized carbons (Fsp3) is 0.500. The number of rotatable bonds is 8. The van der Waals surface area contributed by atoms with Crippen LogP contribution in [0.2, 0.25) is 5.02 Å². The summed E-state index contributed by atoms with van der Waals surface area (Å²) in [5.74, 6) is -0.144. The lowest BCUT2D eigenvalue weighted by molar-refractivity contribution is -0.129. The van der Waals surface area contributed by atoms with Gasteiger partial charge in [0.15, 0.2) is 0 Å². The van der Waals surface area contributed by atoms with Gasteiger partial charge in [-0.2, -0.15) is 0 Å². The van der Waals surface area contributed by atoms with Gasteiger partial charge < -0.3 is 15.2 Å². The Balaban J connectivity index is 1.53. The molecule has 0 radical (unpaired) electrons. The van der Waals surface area contributed by atoms with E-state index < -0.39 is 0 Å². The summed E-state index contributed by atoms with van der Waals surface area (Å²) in [6.07, 6.45) is 6.28. The quantitative estimate of drug-likeness (QED) is 0.693. The topological polar surface area (TPSA) is 65.2 Å². The molecule has 0 saturated carbocycles. The molecule has 1 aromatic heterocycles. The van der Waals surface area contributed by atoms with Crippen LogP contribution < -0.4 is 5.32 Å². The Morgan fingerprint density at radius 3 is 3.04 bits per heavy atom. The second kappa shape index (κ2) is 8.58. The van der Waals surface area contributed by atoms with E-state index in [0.717, 1.165) is 42.1 Å². The van der Waals surface area contributed by atoms with E-state index in [2.05, 4.69) is 17.2 Å². The Kier molecular flexibility index (Phi) is 6.20. The number of hydrogen-bond acceptors (Lipinski definition) is 2. The van der Waals surface area contributed by atoms with Crippen molar-refractivity contribution in [3.05, 3.63) is 35.0 Å². The molecule has 1 unspecified atom stereocenters. The fourth-order valence-corrected chi connectivity index (χ4v) is 3.68. The van der Waals surface area contributed by atoms with E-state index in [1.807, 2.05) is 24.4 Å². The number of fused-ring (bicyclic) bond motifs is 1. The van der Waals surface area contributed by atoms with Gasteiger partial charge in [-0.3, -0.25) is 9.59 Å². The van der Waals surface area contributed by atoms with Crippen LogP contribution >= 0.6 is 11.6 Å². The molecule has 1 aliphatic heterocycles. The number of unbranched alkanes of at least 4 members (excludes halogenated alkanes) is 2. The van der Waals surface area contributed by atoms with Crippen molar-refractivity contribution in [3.63, 3.8) is 0 Å². The molecule has 2 amide bonds. The van der Waals surface area contributed by atoms with E-state index in [4.69, 9.17) is 11.6 Å². The van der Waals surface area contributed by atoms with Crippen molar-refractivity contribution in [1.29, 1.82) is 0 Å². The highest BCUT2D eigenvalue weighted by molar-refractivity contribution is 6.31. The maximum atomic E-state index is 12.3. The van der Waals surface area contributed by atoms with Crippen LogP contribution in [0, 0.1) is 5.92 Å². The molecule has 140 valence electrons. The molecule has 1 atom stereocenters. The normalized spacial score (nSPS) is 17.2. The third-order valence-electron chi connectivity index (χ3n) is 5.05. The van der Waals surface area contributed by atoms with E-state index >= 15 is 0 Å². The highest BCUT2D eigenvalue weighted by atomic mass is 35.5. The minimum absolute atomic E-state index is 0.0100. The first kappa shape index (κ1) is 18.8. The molecular formula is C20H26ClN3O2. The number of aromatic nitrogens is 1. The SMILES string of the molecule is CCCCCNC(=O)C1CC(=O)N(CCc2c[nH]c3ccc(Cl)cc23)C1. The average Bonchev–Trinajstić information content (AvgIpc) is 3.20.